The number of H-pyrrole nitrogens is 1. The van der Waals surface area contributed by atoms with Gasteiger partial charge in [0.05, 0.1) is 23.5 Å². The summed E-state index contributed by atoms with van der Waals surface area (Å²) < 4.78 is 30.1. The van der Waals surface area contributed by atoms with E-state index in [2.05, 4.69) is 21.5 Å². The number of likely N-dealkylation sites (tertiary alicyclic amines) is 1. The van der Waals surface area contributed by atoms with Gasteiger partial charge in [-0.15, -0.1) is 0 Å². The molecule has 3 atom stereocenters. The highest BCUT2D eigenvalue weighted by atomic mass is 19.3. The van der Waals surface area contributed by atoms with Gasteiger partial charge in [-0.1, -0.05) is 0 Å². The van der Waals surface area contributed by atoms with Gasteiger partial charge in [-0.25, -0.2) is 8.78 Å². The number of aryl methyl sites for hydroxylation is 1. The molecule has 36 heavy (non-hydrogen) atoms. The molecule has 3 heterocycles. The van der Waals surface area contributed by atoms with Crippen LogP contribution in [0.15, 0.2) is 35.3 Å². The summed E-state index contributed by atoms with van der Waals surface area (Å²) in [5.41, 5.74) is 1.47. The lowest BCUT2D eigenvalue weighted by Gasteiger charge is -2.17. The number of amides is 1. The standard InChI is InChI=1S/C26H26F2N6O2/c1-15-10-17(4-5-18(15)24(36)33-8-2-3-9-33)31-22-21-19(6-7-30-23(21)35)34(32-22)20-12-25(20)14-26(27,28)11-16(25)13-29/h4-7,10,16,20H,2-3,8-9,11-12,14H2,1H3,(H,30,35)(H,31,32)/t16-,20?,25?/m0/s1. The van der Waals surface area contributed by atoms with Crippen molar-refractivity contribution < 1.29 is 13.6 Å². The fraction of sp³-hybridized carbons (Fsp3) is 0.462. The summed E-state index contributed by atoms with van der Waals surface area (Å²) >= 11 is 0. The zero-order chi connectivity index (χ0) is 25.2. The lowest BCUT2D eigenvalue weighted by Crippen LogP contribution is -2.28. The molecule has 0 radical (unpaired) electrons. The van der Waals surface area contributed by atoms with Crippen LogP contribution in [-0.4, -0.2) is 44.6 Å². The number of carbonyl (C=O) groups is 1. The minimum atomic E-state index is -2.87. The quantitative estimate of drug-likeness (QED) is 0.557. The van der Waals surface area contributed by atoms with Crippen molar-refractivity contribution in [3.63, 3.8) is 0 Å². The van der Waals surface area contributed by atoms with Crippen LogP contribution in [0.25, 0.3) is 10.9 Å². The number of pyridine rings is 1. The molecule has 0 bridgehead atoms. The first-order chi connectivity index (χ1) is 17.2. The summed E-state index contributed by atoms with van der Waals surface area (Å²) in [7, 11) is 0. The van der Waals surface area contributed by atoms with Crippen LogP contribution in [-0.2, 0) is 0 Å². The summed E-state index contributed by atoms with van der Waals surface area (Å²) in [6.45, 7) is 3.41. The van der Waals surface area contributed by atoms with Crippen molar-refractivity contribution >= 4 is 28.3 Å². The Bertz CT molecular complexity index is 1480. The highest BCUT2D eigenvalue weighted by Crippen LogP contribution is 2.71. The van der Waals surface area contributed by atoms with Gasteiger partial charge in [-0.3, -0.25) is 14.3 Å². The number of hydrogen-bond donors (Lipinski definition) is 2. The van der Waals surface area contributed by atoms with Gasteiger partial charge >= 0.3 is 0 Å². The van der Waals surface area contributed by atoms with E-state index in [1.54, 1.807) is 22.9 Å². The van der Waals surface area contributed by atoms with Gasteiger partial charge in [0.25, 0.3) is 11.5 Å². The van der Waals surface area contributed by atoms with Gasteiger partial charge < -0.3 is 15.2 Å². The Hall–Kier alpha value is -3.74. The fourth-order valence-electron chi connectivity index (χ4n) is 6.18. The van der Waals surface area contributed by atoms with Crippen LogP contribution >= 0.6 is 0 Å². The summed E-state index contributed by atoms with van der Waals surface area (Å²) in [5.74, 6) is -3.30. The van der Waals surface area contributed by atoms with Gasteiger partial charge in [0.1, 0.15) is 5.39 Å². The van der Waals surface area contributed by atoms with Crippen molar-refractivity contribution in [2.75, 3.05) is 18.4 Å². The van der Waals surface area contributed by atoms with E-state index < -0.39 is 23.7 Å². The summed E-state index contributed by atoms with van der Waals surface area (Å²) in [4.78, 5) is 30.1. The van der Waals surface area contributed by atoms with Crippen molar-refractivity contribution in [2.24, 2.45) is 11.3 Å². The number of nitriles is 1. The molecule has 1 amide bonds. The molecule has 3 fully saturated rings. The van der Waals surface area contributed by atoms with Crippen molar-refractivity contribution in [3.8, 4) is 6.07 Å². The largest absolute Gasteiger partial charge is 0.339 e. The van der Waals surface area contributed by atoms with Gasteiger partial charge in [0, 0.05) is 48.8 Å². The topological polar surface area (TPSA) is 107 Å². The number of alkyl halides is 2. The van der Waals surface area contributed by atoms with Crippen LogP contribution in [0.5, 0.6) is 0 Å². The number of aromatic nitrogens is 3. The number of anilines is 2. The lowest BCUT2D eigenvalue weighted by molar-refractivity contribution is 0.00185. The van der Waals surface area contributed by atoms with Gasteiger partial charge in [0.15, 0.2) is 5.82 Å². The van der Waals surface area contributed by atoms with Crippen LogP contribution in [0.2, 0.25) is 0 Å². The van der Waals surface area contributed by atoms with Crippen molar-refractivity contribution in [1.82, 2.24) is 19.7 Å². The SMILES string of the molecule is Cc1cc(Nc2nn(C3CC34CC(F)(F)C[C@H]4C#N)c3cc[nH]c(=O)c23)ccc1C(=O)N1CCCC1. The molecule has 3 aliphatic rings. The van der Waals surface area contributed by atoms with Crippen LogP contribution in [0.1, 0.15) is 54.1 Å². The average Bonchev–Trinajstić information content (AvgIpc) is 3.18. The van der Waals surface area contributed by atoms with E-state index in [9.17, 15) is 23.6 Å². The minimum absolute atomic E-state index is 0.0159. The summed E-state index contributed by atoms with van der Waals surface area (Å²) in [6, 6.07) is 8.80. The van der Waals surface area contributed by atoms with Crippen molar-refractivity contribution in [1.29, 1.82) is 5.26 Å². The van der Waals surface area contributed by atoms with E-state index in [1.165, 1.54) is 6.20 Å². The first-order valence-electron chi connectivity index (χ1n) is 12.3. The lowest BCUT2D eigenvalue weighted by atomic mass is 9.93. The Morgan fingerprint density at radius 1 is 1.25 bits per heavy atom. The van der Waals surface area contributed by atoms with E-state index >= 15 is 0 Å². The zero-order valence-corrected chi connectivity index (χ0v) is 19.9. The number of halogens is 2. The molecule has 2 unspecified atom stereocenters. The maximum atomic E-state index is 14.2. The molecule has 10 heteroatoms. The molecule has 3 aromatic rings. The molecular formula is C26H26F2N6O2. The predicted molar refractivity (Wildman–Crippen MR) is 129 cm³/mol. The third-order valence-corrected chi connectivity index (χ3v) is 8.06. The first kappa shape index (κ1) is 22.7. The highest BCUT2D eigenvalue weighted by molar-refractivity contribution is 5.97. The number of aromatic amines is 1. The van der Waals surface area contributed by atoms with Crippen LogP contribution in [0.3, 0.4) is 0 Å². The fourth-order valence-corrected chi connectivity index (χ4v) is 6.18. The van der Waals surface area contributed by atoms with Crippen molar-refractivity contribution in [3.05, 3.63) is 51.9 Å². The molecule has 6 rings (SSSR count). The zero-order valence-electron chi connectivity index (χ0n) is 19.9. The molecule has 2 aliphatic carbocycles. The van der Waals surface area contributed by atoms with Crippen molar-refractivity contribution in [2.45, 2.75) is 51.0 Å². The maximum absolute atomic E-state index is 14.2. The molecule has 1 spiro atoms. The second-order valence-corrected chi connectivity index (χ2v) is 10.4. The Morgan fingerprint density at radius 3 is 2.75 bits per heavy atom. The summed E-state index contributed by atoms with van der Waals surface area (Å²) in [6.07, 6.45) is 3.19. The summed E-state index contributed by atoms with van der Waals surface area (Å²) in [5, 5.41) is 17.7. The molecule has 2 saturated carbocycles. The number of nitrogens with zero attached hydrogens (tertiary/aromatic N) is 4. The number of hydrogen-bond acceptors (Lipinski definition) is 5. The molecule has 1 aromatic carbocycles. The molecule has 186 valence electrons. The molecule has 8 nitrogen and oxygen atoms in total. The number of rotatable bonds is 4. The number of carbonyl (C=O) groups excluding carboxylic acids is 1. The highest BCUT2D eigenvalue weighted by Gasteiger charge is 2.70. The predicted octanol–water partition coefficient (Wildman–Crippen LogP) is 4.51. The number of fused-ring (bicyclic) bond motifs is 1. The van der Waals surface area contributed by atoms with E-state index in [1.807, 2.05) is 17.9 Å². The van der Waals surface area contributed by atoms with E-state index in [4.69, 9.17) is 0 Å². The number of benzene rings is 1. The third-order valence-electron chi connectivity index (χ3n) is 8.06. The Morgan fingerprint density at radius 2 is 2.03 bits per heavy atom. The van der Waals surface area contributed by atoms with Crippen LogP contribution in [0, 0.1) is 29.6 Å². The Balaban J connectivity index is 1.33. The monoisotopic (exact) mass is 492 g/mol. The van der Waals surface area contributed by atoms with Gasteiger partial charge in [0.2, 0.25) is 5.92 Å². The van der Waals surface area contributed by atoms with Crippen LogP contribution in [0.4, 0.5) is 20.3 Å². The number of nitrogens with one attached hydrogen (secondary N) is 2. The third kappa shape index (κ3) is 3.48. The smallest absolute Gasteiger partial charge is 0.261 e. The van der Waals surface area contributed by atoms with E-state index in [-0.39, 0.29) is 23.9 Å². The normalized spacial score (nSPS) is 26.4. The second kappa shape index (κ2) is 7.88. The minimum Gasteiger partial charge on any atom is -0.339 e. The molecule has 2 N–H and O–H groups in total. The molecule has 2 aromatic heterocycles. The molecule has 1 saturated heterocycles. The second-order valence-electron chi connectivity index (χ2n) is 10.4. The van der Waals surface area contributed by atoms with E-state index in [0.717, 1.165) is 31.5 Å². The van der Waals surface area contributed by atoms with E-state index in [0.29, 0.717) is 34.4 Å². The maximum Gasteiger partial charge on any atom is 0.261 e. The first-order valence-corrected chi connectivity index (χ1v) is 12.3. The Kier molecular flexibility index (Phi) is 4.97. The average molecular weight is 493 g/mol. The Labute approximate surface area is 205 Å². The molecule has 1 aliphatic heterocycles. The van der Waals surface area contributed by atoms with Gasteiger partial charge in [-0.05, 0) is 56.0 Å². The van der Waals surface area contributed by atoms with Gasteiger partial charge in [-0.2, -0.15) is 10.4 Å². The molecular weight excluding hydrogens is 466 g/mol. The van der Waals surface area contributed by atoms with Crippen LogP contribution < -0.4 is 10.9 Å².